The molecule has 1 N–H and O–H groups in total. The molecule has 1 unspecified atom stereocenters. The van der Waals surface area contributed by atoms with Crippen LogP contribution in [0.25, 0.3) is 0 Å². The monoisotopic (exact) mass is 246 g/mol. The van der Waals surface area contributed by atoms with E-state index in [-0.39, 0.29) is 6.10 Å². The lowest BCUT2D eigenvalue weighted by molar-refractivity contribution is 0.0672. The van der Waals surface area contributed by atoms with E-state index in [1.165, 1.54) is 10.4 Å². The molecule has 2 heterocycles. The highest BCUT2D eigenvalue weighted by molar-refractivity contribution is 7.10. The van der Waals surface area contributed by atoms with Crippen molar-refractivity contribution in [1.29, 1.82) is 0 Å². The number of hydrogen-bond acceptors (Lipinski definition) is 3. The van der Waals surface area contributed by atoms with Crippen LogP contribution in [0.2, 0.25) is 0 Å². The van der Waals surface area contributed by atoms with Crippen molar-refractivity contribution in [3.63, 3.8) is 0 Å². The van der Waals surface area contributed by atoms with Crippen LogP contribution in [0.1, 0.15) is 34.6 Å². The fourth-order valence-electron chi connectivity index (χ4n) is 2.27. The molecule has 2 aromatic rings. The number of rotatable bonds is 1. The number of hydrogen-bond donors (Lipinski definition) is 1. The largest absolute Gasteiger partial charge is 0.484 e. The first-order valence-electron chi connectivity index (χ1n) is 5.73. The van der Waals surface area contributed by atoms with Crippen LogP contribution in [0, 0.1) is 6.92 Å². The zero-order valence-corrected chi connectivity index (χ0v) is 10.4. The molecule has 3 rings (SSSR count). The Kier molecular flexibility index (Phi) is 2.65. The summed E-state index contributed by atoms with van der Waals surface area (Å²) in [5, 5.41) is 12.2. The first-order chi connectivity index (χ1) is 8.25. The van der Waals surface area contributed by atoms with Gasteiger partial charge in [-0.15, -0.1) is 11.3 Å². The van der Waals surface area contributed by atoms with E-state index in [4.69, 9.17) is 4.74 Å². The first-order valence-corrected chi connectivity index (χ1v) is 6.61. The zero-order chi connectivity index (χ0) is 11.8. The summed E-state index contributed by atoms with van der Waals surface area (Å²) in [7, 11) is 0. The Hall–Kier alpha value is -1.32. The van der Waals surface area contributed by atoms with E-state index in [0.29, 0.717) is 6.42 Å². The molecule has 0 saturated carbocycles. The van der Waals surface area contributed by atoms with Crippen molar-refractivity contribution in [3.05, 3.63) is 51.7 Å². The van der Waals surface area contributed by atoms with Crippen LogP contribution in [0.4, 0.5) is 0 Å². The lowest BCUT2D eigenvalue weighted by Gasteiger charge is -2.29. The summed E-state index contributed by atoms with van der Waals surface area (Å²) < 4.78 is 5.98. The average molecular weight is 246 g/mol. The molecule has 0 aliphatic carbocycles. The number of aryl methyl sites for hydroxylation is 1. The molecule has 88 valence electrons. The number of para-hydroxylation sites is 1. The molecule has 0 spiro atoms. The van der Waals surface area contributed by atoms with E-state index >= 15 is 0 Å². The number of aliphatic hydroxyl groups is 1. The smallest absolute Gasteiger partial charge is 0.136 e. The zero-order valence-electron chi connectivity index (χ0n) is 9.59. The van der Waals surface area contributed by atoms with Gasteiger partial charge in [0.1, 0.15) is 11.9 Å². The second-order valence-electron chi connectivity index (χ2n) is 4.36. The quantitative estimate of drug-likeness (QED) is 0.832. The lowest BCUT2D eigenvalue weighted by atomic mass is 9.97. The van der Waals surface area contributed by atoms with E-state index in [2.05, 4.69) is 18.4 Å². The summed E-state index contributed by atoms with van der Waals surface area (Å²) >= 11 is 1.70. The van der Waals surface area contributed by atoms with Gasteiger partial charge in [-0.3, -0.25) is 0 Å². The van der Waals surface area contributed by atoms with E-state index < -0.39 is 6.10 Å². The van der Waals surface area contributed by atoms with E-state index in [9.17, 15) is 5.11 Å². The van der Waals surface area contributed by atoms with E-state index in [1.54, 1.807) is 11.3 Å². The summed E-state index contributed by atoms with van der Waals surface area (Å²) in [6.45, 7) is 2.09. The van der Waals surface area contributed by atoms with Crippen molar-refractivity contribution in [2.75, 3.05) is 0 Å². The Morgan fingerprint density at radius 1 is 1.29 bits per heavy atom. The molecule has 0 radical (unpaired) electrons. The van der Waals surface area contributed by atoms with Crippen molar-refractivity contribution in [2.24, 2.45) is 0 Å². The SMILES string of the molecule is Cc1ccsc1C1C[C@H](O)c2ccccc2O1. The average Bonchev–Trinajstić information content (AvgIpc) is 2.75. The van der Waals surface area contributed by atoms with Gasteiger partial charge in [0.25, 0.3) is 0 Å². The van der Waals surface area contributed by atoms with Crippen molar-refractivity contribution in [1.82, 2.24) is 0 Å². The lowest BCUT2D eigenvalue weighted by Crippen LogP contribution is -2.18. The minimum absolute atomic E-state index is 0.0140. The highest BCUT2D eigenvalue weighted by Gasteiger charge is 2.29. The number of benzene rings is 1. The predicted octanol–water partition coefficient (Wildman–Crippen LogP) is 3.61. The Bertz CT molecular complexity index is 533. The highest BCUT2D eigenvalue weighted by Crippen LogP contribution is 2.42. The van der Waals surface area contributed by atoms with Gasteiger partial charge in [0.2, 0.25) is 0 Å². The maximum Gasteiger partial charge on any atom is 0.136 e. The minimum atomic E-state index is -0.425. The number of fused-ring (bicyclic) bond motifs is 1. The summed E-state index contributed by atoms with van der Waals surface area (Å²) in [5.41, 5.74) is 2.14. The summed E-state index contributed by atoms with van der Waals surface area (Å²) in [4.78, 5) is 1.22. The van der Waals surface area contributed by atoms with Crippen LogP contribution < -0.4 is 4.74 Å². The van der Waals surface area contributed by atoms with Crippen molar-refractivity contribution >= 4 is 11.3 Å². The van der Waals surface area contributed by atoms with Crippen LogP contribution in [0.15, 0.2) is 35.7 Å². The van der Waals surface area contributed by atoms with Crippen LogP contribution in [-0.2, 0) is 0 Å². The Morgan fingerprint density at radius 3 is 2.88 bits per heavy atom. The highest BCUT2D eigenvalue weighted by atomic mass is 32.1. The first kappa shape index (κ1) is 10.8. The van der Waals surface area contributed by atoms with Gasteiger partial charge in [-0.25, -0.2) is 0 Å². The second-order valence-corrected chi connectivity index (χ2v) is 5.31. The Balaban J connectivity index is 1.96. The van der Waals surface area contributed by atoms with Gasteiger partial charge in [-0.2, -0.15) is 0 Å². The summed E-state index contributed by atoms with van der Waals surface area (Å²) in [6.07, 6.45) is 0.199. The van der Waals surface area contributed by atoms with Crippen LogP contribution in [-0.4, -0.2) is 5.11 Å². The molecule has 3 heteroatoms. The van der Waals surface area contributed by atoms with Gasteiger partial charge >= 0.3 is 0 Å². The molecular formula is C14H14O2S. The fourth-order valence-corrected chi connectivity index (χ4v) is 3.24. The molecular weight excluding hydrogens is 232 g/mol. The molecule has 1 aromatic heterocycles. The third-order valence-electron chi connectivity index (χ3n) is 3.18. The van der Waals surface area contributed by atoms with Crippen LogP contribution in [0.3, 0.4) is 0 Å². The molecule has 0 bridgehead atoms. The molecule has 1 aliphatic rings. The minimum Gasteiger partial charge on any atom is -0.484 e. The second kappa shape index (κ2) is 4.17. The van der Waals surface area contributed by atoms with Crippen molar-refractivity contribution in [3.8, 4) is 5.75 Å². The number of aliphatic hydroxyl groups excluding tert-OH is 1. The fraction of sp³-hybridized carbons (Fsp3) is 0.286. The molecule has 2 atom stereocenters. The molecule has 17 heavy (non-hydrogen) atoms. The maximum absolute atomic E-state index is 10.1. The van der Waals surface area contributed by atoms with Gasteiger partial charge in [0.15, 0.2) is 0 Å². The van der Waals surface area contributed by atoms with Crippen LogP contribution >= 0.6 is 11.3 Å². The van der Waals surface area contributed by atoms with Gasteiger partial charge in [-0.1, -0.05) is 18.2 Å². The van der Waals surface area contributed by atoms with Gasteiger partial charge in [0, 0.05) is 16.9 Å². The molecule has 2 nitrogen and oxygen atoms in total. The topological polar surface area (TPSA) is 29.5 Å². The van der Waals surface area contributed by atoms with E-state index in [1.807, 2.05) is 24.3 Å². The summed E-state index contributed by atoms with van der Waals surface area (Å²) in [6, 6.07) is 9.82. The number of ether oxygens (including phenoxy) is 1. The standard InChI is InChI=1S/C14H14O2S/c1-9-6-7-17-14(9)13-8-11(15)10-4-2-3-5-12(10)16-13/h2-7,11,13,15H,8H2,1H3/t11-,13?/m0/s1. The van der Waals surface area contributed by atoms with E-state index in [0.717, 1.165) is 11.3 Å². The number of thiophene rings is 1. The van der Waals surface area contributed by atoms with Gasteiger partial charge in [-0.05, 0) is 30.0 Å². The van der Waals surface area contributed by atoms with Gasteiger partial charge in [0.05, 0.1) is 6.10 Å². The third-order valence-corrected chi connectivity index (χ3v) is 4.29. The molecule has 0 saturated heterocycles. The van der Waals surface area contributed by atoms with Crippen molar-refractivity contribution in [2.45, 2.75) is 25.6 Å². The molecule has 1 aromatic carbocycles. The predicted molar refractivity (Wildman–Crippen MR) is 68.4 cm³/mol. The maximum atomic E-state index is 10.1. The summed E-state index contributed by atoms with van der Waals surface area (Å²) in [5.74, 6) is 0.809. The Labute approximate surface area is 104 Å². The normalized spacial score (nSPS) is 22.9. The molecule has 1 aliphatic heterocycles. The molecule has 0 fully saturated rings. The Morgan fingerprint density at radius 2 is 2.12 bits per heavy atom. The third kappa shape index (κ3) is 1.85. The van der Waals surface area contributed by atoms with Gasteiger partial charge < -0.3 is 9.84 Å². The molecule has 0 amide bonds. The van der Waals surface area contributed by atoms with Crippen molar-refractivity contribution < 1.29 is 9.84 Å². The van der Waals surface area contributed by atoms with Crippen LogP contribution in [0.5, 0.6) is 5.75 Å².